The Bertz CT molecular complexity index is 378. The third-order valence-corrected chi connectivity index (χ3v) is 3.00. The monoisotopic (exact) mass is 263 g/mol. The van der Waals surface area contributed by atoms with Crippen molar-refractivity contribution < 1.29 is 4.79 Å². The molecule has 0 heterocycles. The molecule has 1 aromatic carbocycles. The third-order valence-electron chi connectivity index (χ3n) is 3.00. The van der Waals surface area contributed by atoms with E-state index in [1.165, 1.54) is 0 Å². The van der Waals surface area contributed by atoms with Crippen molar-refractivity contribution in [2.24, 2.45) is 5.73 Å². The molecule has 1 aromatic rings. The Morgan fingerprint density at radius 1 is 1.32 bits per heavy atom. The molecule has 4 nitrogen and oxygen atoms in total. The van der Waals surface area contributed by atoms with E-state index in [2.05, 4.69) is 10.2 Å². The highest BCUT2D eigenvalue weighted by Gasteiger charge is 2.19. The van der Waals surface area contributed by atoms with Crippen LogP contribution in [0.15, 0.2) is 30.3 Å². The Balaban J connectivity index is 2.73. The second kappa shape index (κ2) is 7.92. The molecule has 1 amide bonds. The molecule has 1 rings (SSSR count). The molecule has 19 heavy (non-hydrogen) atoms. The van der Waals surface area contributed by atoms with Crippen molar-refractivity contribution in [1.29, 1.82) is 0 Å². The molecule has 0 saturated carbocycles. The van der Waals surface area contributed by atoms with Crippen LogP contribution in [0.5, 0.6) is 0 Å². The summed E-state index contributed by atoms with van der Waals surface area (Å²) in [6.45, 7) is 2.79. The molecule has 0 aliphatic heterocycles. The van der Waals surface area contributed by atoms with Gasteiger partial charge in [0.2, 0.25) is 5.91 Å². The normalized spacial score (nSPS) is 14.2. The summed E-state index contributed by atoms with van der Waals surface area (Å²) in [4.78, 5) is 14.1. The average molecular weight is 263 g/mol. The van der Waals surface area contributed by atoms with Gasteiger partial charge in [-0.15, -0.1) is 0 Å². The van der Waals surface area contributed by atoms with Gasteiger partial charge < -0.3 is 16.0 Å². The van der Waals surface area contributed by atoms with Crippen LogP contribution >= 0.6 is 0 Å². The lowest BCUT2D eigenvalue weighted by Crippen LogP contribution is -2.44. The van der Waals surface area contributed by atoms with Crippen LogP contribution in [0.4, 0.5) is 0 Å². The first kappa shape index (κ1) is 15.7. The number of hydrogen-bond acceptors (Lipinski definition) is 3. The van der Waals surface area contributed by atoms with Gasteiger partial charge in [-0.2, -0.15) is 0 Å². The van der Waals surface area contributed by atoms with Crippen LogP contribution in [0.25, 0.3) is 0 Å². The zero-order chi connectivity index (χ0) is 14.3. The number of benzene rings is 1. The van der Waals surface area contributed by atoms with Gasteiger partial charge in [0.25, 0.3) is 0 Å². The highest BCUT2D eigenvalue weighted by atomic mass is 16.2. The van der Waals surface area contributed by atoms with Crippen LogP contribution in [-0.4, -0.2) is 37.5 Å². The van der Waals surface area contributed by atoms with Crippen molar-refractivity contribution in [2.45, 2.75) is 31.8 Å². The minimum Gasteiger partial charge on any atom is -0.347 e. The number of nitrogens with one attached hydrogen (secondary N) is 1. The van der Waals surface area contributed by atoms with Gasteiger partial charge in [-0.05, 0) is 26.1 Å². The first-order valence-electron chi connectivity index (χ1n) is 6.80. The Labute approximate surface area is 116 Å². The Hall–Kier alpha value is -1.39. The van der Waals surface area contributed by atoms with E-state index in [1.807, 2.05) is 51.4 Å². The number of hydrogen-bond donors (Lipinski definition) is 2. The van der Waals surface area contributed by atoms with Gasteiger partial charge in [0.05, 0.1) is 12.1 Å². The summed E-state index contributed by atoms with van der Waals surface area (Å²) in [5.74, 6) is -0.0717. The van der Waals surface area contributed by atoms with E-state index in [9.17, 15) is 4.79 Å². The van der Waals surface area contributed by atoms with Gasteiger partial charge >= 0.3 is 0 Å². The number of carbonyl (C=O) groups excluding carboxylic acids is 1. The molecule has 106 valence electrons. The minimum absolute atomic E-state index is 0.0217. The molecule has 0 spiro atoms. The molecule has 3 N–H and O–H groups in total. The predicted molar refractivity (Wildman–Crippen MR) is 78.8 cm³/mol. The largest absolute Gasteiger partial charge is 0.347 e. The maximum atomic E-state index is 12.0. The molecule has 0 saturated heterocycles. The van der Waals surface area contributed by atoms with Gasteiger partial charge in [-0.25, -0.2) is 0 Å². The number of likely N-dealkylation sites (N-methyl/N-ethyl adjacent to an activating group) is 1. The topological polar surface area (TPSA) is 58.4 Å². The van der Waals surface area contributed by atoms with Gasteiger partial charge in [0.15, 0.2) is 0 Å². The van der Waals surface area contributed by atoms with Crippen LogP contribution in [0.2, 0.25) is 0 Å². The summed E-state index contributed by atoms with van der Waals surface area (Å²) >= 11 is 0. The van der Waals surface area contributed by atoms with Crippen LogP contribution in [0, 0.1) is 0 Å². The molecule has 0 fully saturated rings. The van der Waals surface area contributed by atoms with Crippen molar-refractivity contribution in [3.8, 4) is 0 Å². The highest BCUT2D eigenvalue weighted by molar-refractivity contribution is 5.81. The van der Waals surface area contributed by atoms with Crippen LogP contribution < -0.4 is 11.1 Å². The number of carbonyl (C=O) groups is 1. The zero-order valence-corrected chi connectivity index (χ0v) is 12.1. The maximum absolute atomic E-state index is 12.0. The summed E-state index contributed by atoms with van der Waals surface area (Å²) in [6.07, 6.45) is 1.63. The van der Waals surface area contributed by atoms with Crippen LogP contribution in [0.3, 0.4) is 0 Å². The number of rotatable bonds is 7. The van der Waals surface area contributed by atoms with Gasteiger partial charge in [0.1, 0.15) is 0 Å². The highest BCUT2D eigenvalue weighted by Crippen LogP contribution is 2.13. The van der Waals surface area contributed by atoms with Crippen molar-refractivity contribution in [3.05, 3.63) is 35.9 Å². The summed E-state index contributed by atoms with van der Waals surface area (Å²) in [5.41, 5.74) is 6.96. The van der Waals surface area contributed by atoms with E-state index in [-0.39, 0.29) is 11.9 Å². The van der Waals surface area contributed by atoms with Crippen molar-refractivity contribution in [3.63, 3.8) is 0 Å². The van der Waals surface area contributed by atoms with Gasteiger partial charge in [-0.1, -0.05) is 43.7 Å². The fourth-order valence-electron chi connectivity index (χ4n) is 2.01. The molecule has 2 atom stereocenters. The second-order valence-corrected chi connectivity index (χ2v) is 5.13. The van der Waals surface area contributed by atoms with Crippen LogP contribution in [0.1, 0.15) is 31.4 Å². The number of nitrogens with two attached hydrogens (primary N) is 1. The zero-order valence-electron chi connectivity index (χ0n) is 12.1. The third kappa shape index (κ3) is 5.41. The van der Waals surface area contributed by atoms with E-state index in [1.54, 1.807) is 0 Å². The molecular weight excluding hydrogens is 238 g/mol. The lowest BCUT2D eigenvalue weighted by molar-refractivity contribution is -0.123. The summed E-state index contributed by atoms with van der Waals surface area (Å²) in [5, 5.41) is 3.04. The maximum Gasteiger partial charge on any atom is 0.237 e. The standard InChI is InChI=1S/C15H25N3O/c1-4-8-13(16)15(19)17-14(11-18(2)3)12-9-6-5-7-10-12/h5-7,9-10,13-14H,4,8,11,16H2,1-3H3,(H,17,19)/t13-,14?/m1/s1. The quantitative estimate of drug-likeness (QED) is 0.784. The fraction of sp³-hybridized carbons (Fsp3) is 0.533. The molecule has 1 unspecified atom stereocenters. The lowest BCUT2D eigenvalue weighted by Gasteiger charge is -2.24. The van der Waals surface area contributed by atoms with Crippen LogP contribution in [-0.2, 0) is 4.79 Å². The Morgan fingerprint density at radius 2 is 1.95 bits per heavy atom. The smallest absolute Gasteiger partial charge is 0.237 e. The Morgan fingerprint density at radius 3 is 2.47 bits per heavy atom. The van der Waals surface area contributed by atoms with Crippen molar-refractivity contribution >= 4 is 5.91 Å². The molecule has 4 heteroatoms. The average Bonchev–Trinajstić information content (AvgIpc) is 2.38. The summed E-state index contributed by atoms with van der Waals surface area (Å²) < 4.78 is 0. The van der Waals surface area contributed by atoms with Crippen molar-refractivity contribution in [2.75, 3.05) is 20.6 Å². The molecule has 0 aliphatic rings. The van der Waals surface area contributed by atoms with E-state index in [0.29, 0.717) is 0 Å². The second-order valence-electron chi connectivity index (χ2n) is 5.13. The molecule has 0 aromatic heterocycles. The first-order valence-corrected chi connectivity index (χ1v) is 6.80. The summed E-state index contributed by atoms with van der Waals surface area (Å²) in [7, 11) is 3.99. The molecule has 0 bridgehead atoms. The number of amides is 1. The lowest BCUT2D eigenvalue weighted by atomic mass is 10.1. The predicted octanol–water partition coefficient (Wildman–Crippen LogP) is 1.53. The van der Waals surface area contributed by atoms with Gasteiger partial charge in [0, 0.05) is 6.54 Å². The van der Waals surface area contributed by atoms with E-state index in [4.69, 9.17) is 5.73 Å². The molecule has 0 radical (unpaired) electrons. The van der Waals surface area contributed by atoms with E-state index >= 15 is 0 Å². The van der Waals surface area contributed by atoms with E-state index in [0.717, 1.165) is 24.9 Å². The van der Waals surface area contributed by atoms with Crippen molar-refractivity contribution in [1.82, 2.24) is 10.2 Å². The molecule has 0 aliphatic carbocycles. The van der Waals surface area contributed by atoms with E-state index < -0.39 is 6.04 Å². The summed E-state index contributed by atoms with van der Waals surface area (Å²) in [6, 6.07) is 9.55. The minimum atomic E-state index is -0.418. The number of nitrogens with zero attached hydrogens (tertiary/aromatic N) is 1. The first-order chi connectivity index (χ1) is 9.04. The SMILES string of the molecule is CCC[C@@H](N)C(=O)NC(CN(C)C)c1ccccc1. The molecular formula is C15H25N3O. The fourth-order valence-corrected chi connectivity index (χ4v) is 2.01. The van der Waals surface area contributed by atoms with Gasteiger partial charge in [-0.3, -0.25) is 4.79 Å². The Kier molecular flexibility index (Phi) is 6.53.